The van der Waals surface area contributed by atoms with Crippen molar-refractivity contribution >= 4 is 9.84 Å². The molecular formula is C16H24FNO2S. The molecule has 1 aromatic rings. The summed E-state index contributed by atoms with van der Waals surface area (Å²) in [6, 6.07) is 5.14. The molecule has 3 nitrogen and oxygen atoms in total. The molecule has 118 valence electrons. The third-order valence-electron chi connectivity index (χ3n) is 4.35. The first-order valence-electron chi connectivity index (χ1n) is 7.59. The van der Waals surface area contributed by atoms with E-state index in [0.717, 1.165) is 19.4 Å². The fourth-order valence-electron chi connectivity index (χ4n) is 3.59. The summed E-state index contributed by atoms with van der Waals surface area (Å²) in [5, 5.41) is 2.88. The van der Waals surface area contributed by atoms with Crippen LogP contribution in [0.15, 0.2) is 29.2 Å². The van der Waals surface area contributed by atoms with E-state index in [4.69, 9.17) is 0 Å². The number of nitrogens with one attached hydrogen (secondary N) is 1. The minimum Gasteiger partial charge on any atom is -0.313 e. The summed E-state index contributed by atoms with van der Waals surface area (Å²) in [5.74, 6) is 0.194. The van der Waals surface area contributed by atoms with Crippen molar-refractivity contribution < 1.29 is 12.8 Å². The molecule has 0 aromatic heterocycles. The Bertz CT molecular complexity index is 570. The minimum absolute atomic E-state index is 0.0381. The number of hydrogen-bond acceptors (Lipinski definition) is 3. The van der Waals surface area contributed by atoms with E-state index in [1.165, 1.54) is 24.3 Å². The van der Waals surface area contributed by atoms with Gasteiger partial charge in [-0.1, -0.05) is 20.8 Å². The summed E-state index contributed by atoms with van der Waals surface area (Å²) >= 11 is 0. The summed E-state index contributed by atoms with van der Waals surface area (Å²) < 4.78 is 38.9. The molecule has 1 saturated carbocycles. The van der Waals surface area contributed by atoms with Crippen LogP contribution < -0.4 is 5.32 Å². The zero-order chi connectivity index (χ0) is 15.6. The van der Waals surface area contributed by atoms with Gasteiger partial charge in [0.2, 0.25) is 0 Å². The zero-order valence-electron chi connectivity index (χ0n) is 12.8. The molecular weight excluding hydrogens is 289 g/mol. The highest BCUT2D eigenvalue weighted by molar-refractivity contribution is 7.92. The number of halogens is 1. The van der Waals surface area contributed by atoms with Crippen LogP contribution in [0.4, 0.5) is 4.39 Å². The highest BCUT2D eigenvalue weighted by Gasteiger charge is 2.42. The maximum Gasteiger partial charge on any atom is 0.183 e. The molecule has 5 heteroatoms. The molecule has 0 bridgehead atoms. The van der Waals surface area contributed by atoms with Gasteiger partial charge in [0, 0.05) is 6.04 Å². The molecule has 0 amide bonds. The van der Waals surface area contributed by atoms with E-state index in [9.17, 15) is 12.8 Å². The topological polar surface area (TPSA) is 46.2 Å². The fraction of sp³-hybridized carbons (Fsp3) is 0.625. The lowest BCUT2D eigenvalue weighted by Crippen LogP contribution is -2.51. The van der Waals surface area contributed by atoms with E-state index >= 15 is 0 Å². The van der Waals surface area contributed by atoms with Gasteiger partial charge in [0.05, 0.1) is 10.1 Å². The fourth-order valence-corrected chi connectivity index (χ4v) is 5.79. The maximum absolute atomic E-state index is 13.0. The van der Waals surface area contributed by atoms with E-state index in [1.807, 2.05) is 13.8 Å². The summed E-state index contributed by atoms with van der Waals surface area (Å²) in [7, 11) is -3.45. The van der Waals surface area contributed by atoms with Crippen LogP contribution in [0.5, 0.6) is 0 Å². The SMILES string of the molecule is CCNC1CC(C)CC(C)C1S(=O)(=O)c1ccc(F)cc1. The van der Waals surface area contributed by atoms with Crippen LogP contribution in [0.1, 0.15) is 33.6 Å². The van der Waals surface area contributed by atoms with Gasteiger partial charge in [0.1, 0.15) is 5.82 Å². The lowest BCUT2D eigenvalue weighted by molar-refractivity contribution is 0.244. The van der Waals surface area contributed by atoms with E-state index in [0.29, 0.717) is 5.92 Å². The summed E-state index contributed by atoms with van der Waals surface area (Å²) in [6.45, 7) is 6.92. The van der Waals surface area contributed by atoms with E-state index in [-0.39, 0.29) is 16.9 Å². The molecule has 1 aromatic carbocycles. The molecule has 2 rings (SSSR count). The Hall–Kier alpha value is -0.940. The Morgan fingerprint density at radius 3 is 2.38 bits per heavy atom. The lowest BCUT2D eigenvalue weighted by atomic mass is 9.80. The Kier molecular flexibility index (Phi) is 5.04. The van der Waals surface area contributed by atoms with Gasteiger partial charge >= 0.3 is 0 Å². The van der Waals surface area contributed by atoms with Crippen LogP contribution in [0.2, 0.25) is 0 Å². The smallest absolute Gasteiger partial charge is 0.183 e. The monoisotopic (exact) mass is 313 g/mol. The van der Waals surface area contributed by atoms with Crippen LogP contribution in [-0.2, 0) is 9.84 Å². The average molecular weight is 313 g/mol. The first-order chi connectivity index (χ1) is 9.86. The molecule has 0 spiro atoms. The quantitative estimate of drug-likeness (QED) is 0.869. The average Bonchev–Trinajstić information content (AvgIpc) is 2.38. The molecule has 1 fully saturated rings. The summed E-state index contributed by atoms with van der Waals surface area (Å²) in [6.07, 6.45) is 1.77. The van der Waals surface area contributed by atoms with Crippen molar-refractivity contribution in [3.63, 3.8) is 0 Å². The minimum atomic E-state index is -3.45. The Morgan fingerprint density at radius 2 is 1.81 bits per heavy atom. The Morgan fingerprint density at radius 1 is 1.19 bits per heavy atom. The molecule has 1 N–H and O–H groups in total. The third kappa shape index (κ3) is 3.46. The predicted octanol–water partition coefficient (Wildman–Crippen LogP) is 3.01. The second-order valence-corrected chi connectivity index (χ2v) is 8.29. The predicted molar refractivity (Wildman–Crippen MR) is 82.4 cm³/mol. The second-order valence-electron chi connectivity index (χ2n) is 6.18. The molecule has 0 heterocycles. The molecule has 0 aliphatic heterocycles. The van der Waals surface area contributed by atoms with E-state index in [1.54, 1.807) is 0 Å². The molecule has 1 aliphatic rings. The summed E-state index contributed by atoms with van der Waals surface area (Å²) in [4.78, 5) is 0.221. The highest BCUT2D eigenvalue weighted by Crippen LogP contribution is 2.36. The van der Waals surface area contributed by atoms with Crippen LogP contribution in [0, 0.1) is 17.7 Å². The van der Waals surface area contributed by atoms with Crippen molar-refractivity contribution in [3.8, 4) is 0 Å². The van der Waals surface area contributed by atoms with Gasteiger partial charge in [0.15, 0.2) is 9.84 Å². The van der Waals surface area contributed by atoms with Gasteiger partial charge in [-0.15, -0.1) is 0 Å². The summed E-state index contributed by atoms with van der Waals surface area (Å²) in [5.41, 5.74) is 0. The van der Waals surface area contributed by atoms with Crippen LogP contribution in [0.25, 0.3) is 0 Å². The molecule has 4 atom stereocenters. The normalized spacial score (nSPS) is 30.3. The van der Waals surface area contributed by atoms with Gasteiger partial charge in [-0.05, 0) is 55.5 Å². The van der Waals surface area contributed by atoms with E-state index in [2.05, 4.69) is 12.2 Å². The maximum atomic E-state index is 13.0. The van der Waals surface area contributed by atoms with Gasteiger partial charge in [0.25, 0.3) is 0 Å². The Balaban J connectivity index is 2.37. The first kappa shape index (κ1) is 16.4. The molecule has 4 unspecified atom stereocenters. The van der Waals surface area contributed by atoms with Crippen LogP contribution in [-0.4, -0.2) is 26.3 Å². The number of sulfone groups is 1. The van der Waals surface area contributed by atoms with Crippen molar-refractivity contribution in [2.45, 2.75) is 49.8 Å². The second kappa shape index (κ2) is 6.44. The van der Waals surface area contributed by atoms with Crippen LogP contribution in [0.3, 0.4) is 0 Å². The molecule has 1 aliphatic carbocycles. The number of rotatable bonds is 4. The lowest BCUT2D eigenvalue weighted by Gasteiger charge is -2.39. The van der Waals surface area contributed by atoms with Crippen LogP contribution >= 0.6 is 0 Å². The van der Waals surface area contributed by atoms with E-state index < -0.39 is 20.9 Å². The number of hydrogen-bond donors (Lipinski definition) is 1. The standard InChI is InChI=1S/C16H24FNO2S/c1-4-18-15-10-11(2)9-12(3)16(15)21(19,20)14-7-5-13(17)6-8-14/h5-8,11-12,15-16,18H,4,9-10H2,1-3H3. The molecule has 21 heavy (non-hydrogen) atoms. The van der Waals surface area contributed by atoms with Gasteiger partial charge < -0.3 is 5.32 Å². The zero-order valence-corrected chi connectivity index (χ0v) is 13.7. The molecule has 0 saturated heterocycles. The number of benzene rings is 1. The van der Waals surface area contributed by atoms with Crippen molar-refractivity contribution in [2.75, 3.05) is 6.54 Å². The van der Waals surface area contributed by atoms with Crippen molar-refractivity contribution in [2.24, 2.45) is 11.8 Å². The van der Waals surface area contributed by atoms with Gasteiger partial charge in [-0.3, -0.25) is 0 Å². The first-order valence-corrected chi connectivity index (χ1v) is 9.13. The van der Waals surface area contributed by atoms with Crippen molar-refractivity contribution in [1.29, 1.82) is 0 Å². The largest absolute Gasteiger partial charge is 0.313 e. The molecule has 0 radical (unpaired) electrons. The van der Waals surface area contributed by atoms with Gasteiger partial charge in [-0.2, -0.15) is 0 Å². The third-order valence-corrected chi connectivity index (χ3v) is 6.79. The van der Waals surface area contributed by atoms with Crippen molar-refractivity contribution in [3.05, 3.63) is 30.1 Å². The Labute approximate surface area is 126 Å². The highest BCUT2D eigenvalue weighted by atomic mass is 32.2. The van der Waals surface area contributed by atoms with Gasteiger partial charge in [-0.25, -0.2) is 12.8 Å². The van der Waals surface area contributed by atoms with Crippen molar-refractivity contribution in [1.82, 2.24) is 5.32 Å².